The quantitative estimate of drug-likeness (QED) is 0.760. The SMILES string of the molecule is COCCC(=O)c1cccc(Br)c1. The number of ketones is 1. The van der Waals surface area contributed by atoms with Gasteiger partial charge in [0.15, 0.2) is 5.78 Å². The zero-order valence-electron chi connectivity index (χ0n) is 7.42. The predicted molar refractivity (Wildman–Crippen MR) is 55.0 cm³/mol. The Balaban J connectivity index is 2.66. The Labute approximate surface area is 86.0 Å². The largest absolute Gasteiger partial charge is 0.384 e. The van der Waals surface area contributed by atoms with Gasteiger partial charge in [-0.25, -0.2) is 0 Å². The van der Waals surface area contributed by atoms with Crippen molar-refractivity contribution >= 4 is 21.7 Å². The fourth-order valence-corrected chi connectivity index (χ4v) is 1.40. The minimum absolute atomic E-state index is 0.114. The molecule has 1 rings (SSSR count). The number of rotatable bonds is 4. The van der Waals surface area contributed by atoms with Crippen molar-refractivity contribution in [2.24, 2.45) is 0 Å². The third-order valence-electron chi connectivity index (χ3n) is 1.68. The third kappa shape index (κ3) is 3.28. The van der Waals surface area contributed by atoms with Gasteiger partial charge in [0.25, 0.3) is 0 Å². The molecule has 1 aromatic rings. The average Bonchev–Trinajstić information content (AvgIpc) is 2.14. The molecule has 0 radical (unpaired) electrons. The van der Waals surface area contributed by atoms with Crippen molar-refractivity contribution in [1.29, 1.82) is 0 Å². The third-order valence-corrected chi connectivity index (χ3v) is 2.17. The molecule has 0 unspecified atom stereocenters. The van der Waals surface area contributed by atoms with Crippen LogP contribution in [-0.4, -0.2) is 19.5 Å². The summed E-state index contributed by atoms with van der Waals surface area (Å²) in [6.07, 6.45) is 0.437. The van der Waals surface area contributed by atoms with E-state index >= 15 is 0 Å². The van der Waals surface area contributed by atoms with Crippen LogP contribution in [-0.2, 0) is 4.74 Å². The second-order valence-corrected chi connectivity index (χ2v) is 3.59. The summed E-state index contributed by atoms with van der Waals surface area (Å²) in [5.74, 6) is 0.114. The first kappa shape index (κ1) is 10.4. The van der Waals surface area contributed by atoms with E-state index in [2.05, 4.69) is 15.9 Å². The summed E-state index contributed by atoms with van der Waals surface area (Å²) in [5, 5.41) is 0. The van der Waals surface area contributed by atoms with Crippen LogP contribution in [0.4, 0.5) is 0 Å². The molecule has 0 amide bonds. The first-order valence-electron chi connectivity index (χ1n) is 4.01. The number of ether oxygens (including phenoxy) is 1. The van der Waals surface area contributed by atoms with E-state index in [1.54, 1.807) is 7.11 Å². The van der Waals surface area contributed by atoms with Gasteiger partial charge in [-0.2, -0.15) is 0 Å². The van der Waals surface area contributed by atoms with Gasteiger partial charge in [-0.3, -0.25) is 4.79 Å². The van der Waals surface area contributed by atoms with Crippen LogP contribution in [0.1, 0.15) is 16.8 Å². The summed E-state index contributed by atoms with van der Waals surface area (Å²) in [5.41, 5.74) is 0.728. The monoisotopic (exact) mass is 242 g/mol. The molecule has 0 N–H and O–H groups in total. The predicted octanol–water partition coefficient (Wildman–Crippen LogP) is 2.67. The zero-order chi connectivity index (χ0) is 9.68. The van der Waals surface area contributed by atoms with Crippen LogP contribution in [0.2, 0.25) is 0 Å². The summed E-state index contributed by atoms with van der Waals surface area (Å²) in [7, 11) is 1.59. The first-order valence-corrected chi connectivity index (χ1v) is 4.81. The van der Waals surface area contributed by atoms with Gasteiger partial charge >= 0.3 is 0 Å². The van der Waals surface area contributed by atoms with Crippen LogP contribution >= 0.6 is 15.9 Å². The molecule has 0 saturated carbocycles. The summed E-state index contributed by atoms with van der Waals surface area (Å²) in [6, 6.07) is 7.37. The molecule has 0 aromatic heterocycles. The lowest BCUT2D eigenvalue weighted by Gasteiger charge is -2.00. The highest BCUT2D eigenvalue weighted by molar-refractivity contribution is 9.10. The fraction of sp³-hybridized carbons (Fsp3) is 0.300. The van der Waals surface area contributed by atoms with Crippen LogP contribution in [0, 0.1) is 0 Å². The molecule has 70 valence electrons. The summed E-state index contributed by atoms with van der Waals surface area (Å²) >= 11 is 3.32. The maximum Gasteiger partial charge on any atom is 0.165 e. The Kier molecular flexibility index (Phi) is 4.12. The Hall–Kier alpha value is -0.670. The summed E-state index contributed by atoms with van der Waals surface area (Å²) in [6.45, 7) is 0.478. The lowest BCUT2D eigenvalue weighted by atomic mass is 10.1. The van der Waals surface area contributed by atoms with E-state index in [1.165, 1.54) is 0 Å². The molecule has 0 heterocycles. The van der Waals surface area contributed by atoms with Gasteiger partial charge in [-0.1, -0.05) is 28.1 Å². The smallest absolute Gasteiger partial charge is 0.165 e. The van der Waals surface area contributed by atoms with Crippen LogP contribution in [0.5, 0.6) is 0 Å². The van der Waals surface area contributed by atoms with Crippen molar-refractivity contribution in [3.05, 3.63) is 34.3 Å². The second kappa shape index (κ2) is 5.14. The lowest BCUT2D eigenvalue weighted by molar-refractivity contribution is 0.0932. The molecule has 0 spiro atoms. The molecular weight excluding hydrogens is 232 g/mol. The van der Waals surface area contributed by atoms with Gasteiger partial charge in [-0.05, 0) is 12.1 Å². The molecule has 0 fully saturated rings. The Morgan fingerprint density at radius 2 is 2.31 bits per heavy atom. The van der Waals surface area contributed by atoms with E-state index < -0.39 is 0 Å². The maximum atomic E-state index is 11.5. The first-order chi connectivity index (χ1) is 6.24. The molecule has 0 aliphatic rings. The van der Waals surface area contributed by atoms with Gasteiger partial charge in [0.05, 0.1) is 6.61 Å². The number of benzene rings is 1. The maximum absolute atomic E-state index is 11.5. The van der Waals surface area contributed by atoms with E-state index in [9.17, 15) is 4.79 Å². The standard InChI is InChI=1S/C10H11BrO2/c1-13-6-5-10(12)8-3-2-4-9(11)7-8/h2-4,7H,5-6H2,1H3. The fourth-order valence-electron chi connectivity index (χ4n) is 1.00. The average molecular weight is 243 g/mol. The summed E-state index contributed by atoms with van der Waals surface area (Å²) < 4.78 is 5.76. The minimum Gasteiger partial charge on any atom is -0.384 e. The highest BCUT2D eigenvalue weighted by Gasteiger charge is 2.04. The summed E-state index contributed by atoms with van der Waals surface area (Å²) in [4.78, 5) is 11.5. The van der Waals surface area contributed by atoms with E-state index in [4.69, 9.17) is 4.74 Å². The Morgan fingerprint density at radius 3 is 2.92 bits per heavy atom. The molecule has 13 heavy (non-hydrogen) atoms. The molecular formula is C10H11BrO2. The topological polar surface area (TPSA) is 26.3 Å². The van der Waals surface area contributed by atoms with Crippen LogP contribution in [0.3, 0.4) is 0 Å². The number of carbonyl (C=O) groups excluding carboxylic acids is 1. The Bertz CT molecular complexity index is 297. The van der Waals surface area contributed by atoms with E-state index in [1.807, 2.05) is 24.3 Å². The van der Waals surface area contributed by atoms with Crippen molar-refractivity contribution < 1.29 is 9.53 Å². The van der Waals surface area contributed by atoms with Gasteiger partial charge < -0.3 is 4.74 Å². The molecule has 3 heteroatoms. The van der Waals surface area contributed by atoms with Crippen molar-refractivity contribution in [2.75, 3.05) is 13.7 Å². The second-order valence-electron chi connectivity index (χ2n) is 2.68. The number of carbonyl (C=O) groups is 1. The van der Waals surface area contributed by atoms with E-state index in [0.717, 1.165) is 10.0 Å². The molecule has 2 nitrogen and oxygen atoms in total. The minimum atomic E-state index is 0.114. The normalized spacial score (nSPS) is 10.0. The van der Waals surface area contributed by atoms with Gasteiger partial charge in [-0.15, -0.1) is 0 Å². The van der Waals surface area contributed by atoms with Crippen molar-refractivity contribution in [3.8, 4) is 0 Å². The molecule has 0 bridgehead atoms. The number of Topliss-reactive ketones (excluding diaryl/α,β-unsaturated/α-hetero) is 1. The molecule has 1 aromatic carbocycles. The number of hydrogen-bond acceptors (Lipinski definition) is 2. The lowest BCUT2D eigenvalue weighted by Crippen LogP contribution is -2.02. The Morgan fingerprint density at radius 1 is 1.54 bits per heavy atom. The zero-order valence-corrected chi connectivity index (χ0v) is 9.00. The molecule has 0 aliphatic carbocycles. The van der Waals surface area contributed by atoms with Crippen molar-refractivity contribution in [2.45, 2.75) is 6.42 Å². The highest BCUT2D eigenvalue weighted by Crippen LogP contribution is 2.12. The number of methoxy groups -OCH3 is 1. The van der Waals surface area contributed by atoms with Crippen LogP contribution in [0.25, 0.3) is 0 Å². The molecule has 0 saturated heterocycles. The molecule has 0 aliphatic heterocycles. The van der Waals surface area contributed by atoms with Gasteiger partial charge in [0, 0.05) is 23.6 Å². The van der Waals surface area contributed by atoms with Crippen molar-refractivity contribution in [1.82, 2.24) is 0 Å². The van der Waals surface area contributed by atoms with E-state index in [0.29, 0.717) is 13.0 Å². The van der Waals surface area contributed by atoms with E-state index in [-0.39, 0.29) is 5.78 Å². The number of hydrogen-bond donors (Lipinski definition) is 0. The van der Waals surface area contributed by atoms with Gasteiger partial charge in [0.1, 0.15) is 0 Å². The van der Waals surface area contributed by atoms with Gasteiger partial charge in [0.2, 0.25) is 0 Å². The van der Waals surface area contributed by atoms with Crippen LogP contribution < -0.4 is 0 Å². The van der Waals surface area contributed by atoms with Crippen LogP contribution in [0.15, 0.2) is 28.7 Å². The highest BCUT2D eigenvalue weighted by atomic mass is 79.9. The van der Waals surface area contributed by atoms with Crippen molar-refractivity contribution in [3.63, 3.8) is 0 Å². The number of halogens is 1. The molecule has 0 atom stereocenters.